The molecule has 1 amide bonds. The number of benzene rings is 2. The molecule has 3 heterocycles. The molecule has 5 rings (SSSR count). The van der Waals surface area contributed by atoms with Gasteiger partial charge in [0.05, 0.1) is 12.2 Å². The molecular weight excluding hydrogens is 546 g/mol. The smallest absolute Gasteiger partial charge is 0.302 e. The summed E-state index contributed by atoms with van der Waals surface area (Å²) in [5.74, 6) is 0.0797. The van der Waals surface area contributed by atoms with Crippen LogP contribution in [0.5, 0.6) is 11.6 Å². The van der Waals surface area contributed by atoms with Crippen molar-refractivity contribution in [3.8, 4) is 11.6 Å². The Labute approximate surface area is 230 Å². The van der Waals surface area contributed by atoms with Crippen molar-refractivity contribution in [3.05, 3.63) is 82.1 Å². The van der Waals surface area contributed by atoms with Crippen LogP contribution in [0, 0.1) is 13.8 Å². The predicted molar refractivity (Wildman–Crippen MR) is 150 cm³/mol. The molecule has 1 aliphatic heterocycles. The highest BCUT2D eigenvalue weighted by Crippen LogP contribution is 2.41. The minimum absolute atomic E-state index is 0.0272. The molecular formula is C29H30BrN5O3. The van der Waals surface area contributed by atoms with E-state index in [-0.39, 0.29) is 24.2 Å². The van der Waals surface area contributed by atoms with Crippen molar-refractivity contribution in [3.63, 3.8) is 0 Å². The van der Waals surface area contributed by atoms with Crippen LogP contribution in [0.3, 0.4) is 0 Å². The van der Waals surface area contributed by atoms with Crippen LogP contribution in [0.25, 0.3) is 10.9 Å². The SMILES string of the molecule is Cc1cccc(OCC(=O)N=Nc2c(O)n(CN3CCCCC3c3cccnc3)c3ccc(Br)cc23)c1C. The average molecular weight is 576 g/mol. The monoisotopic (exact) mass is 575 g/mol. The number of halogens is 1. The Kier molecular flexibility index (Phi) is 7.85. The average Bonchev–Trinajstić information content (AvgIpc) is 3.18. The summed E-state index contributed by atoms with van der Waals surface area (Å²) < 4.78 is 8.35. The number of azo groups is 1. The summed E-state index contributed by atoms with van der Waals surface area (Å²) in [6.45, 7) is 5.08. The largest absolute Gasteiger partial charge is 0.493 e. The Balaban J connectivity index is 1.40. The number of amides is 1. The lowest BCUT2D eigenvalue weighted by atomic mass is 9.97. The molecule has 1 saturated heterocycles. The molecule has 4 aromatic rings. The van der Waals surface area contributed by atoms with Crippen molar-refractivity contribution in [2.24, 2.45) is 10.2 Å². The summed E-state index contributed by atoms with van der Waals surface area (Å²) in [6.07, 6.45) is 6.96. The Morgan fingerprint density at radius 2 is 2.05 bits per heavy atom. The van der Waals surface area contributed by atoms with Crippen LogP contribution in [0.1, 0.15) is 42.0 Å². The zero-order valence-electron chi connectivity index (χ0n) is 21.5. The van der Waals surface area contributed by atoms with Gasteiger partial charge in [-0.2, -0.15) is 0 Å². The molecule has 9 heteroatoms. The predicted octanol–water partition coefficient (Wildman–Crippen LogP) is 7.00. The van der Waals surface area contributed by atoms with Gasteiger partial charge in [-0.3, -0.25) is 19.2 Å². The van der Waals surface area contributed by atoms with E-state index in [0.717, 1.165) is 46.9 Å². The molecule has 1 fully saturated rings. The second-order valence-electron chi connectivity index (χ2n) is 9.59. The number of ether oxygens (including phenoxy) is 1. The van der Waals surface area contributed by atoms with Gasteiger partial charge in [0.25, 0.3) is 0 Å². The van der Waals surface area contributed by atoms with Gasteiger partial charge in [0, 0.05) is 34.8 Å². The number of nitrogens with zero attached hydrogens (tertiary/aromatic N) is 5. The number of rotatable bonds is 7. The topological polar surface area (TPSA) is 92.3 Å². The summed E-state index contributed by atoms with van der Waals surface area (Å²) in [6, 6.07) is 15.7. The molecule has 0 radical (unpaired) electrons. The van der Waals surface area contributed by atoms with Crippen LogP contribution in [0.4, 0.5) is 5.69 Å². The summed E-state index contributed by atoms with van der Waals surface area (Å²) >= 11 is 3.51. The first kappa shape index (κ1) is 26.1. The number of hydrogen-bond donors (Lipinski definition) is 1. The third-order valence-corrected chi connectivity index (χ3v) is 7.64. The van der Waals surface area contributed by atoms with Crippen LogP contribution in [0.2, 0.25) is 0 Å². The molecule has 38 heavy (non-hydrogen) atoms. The van der Waals surface area contributed by atoms with Crippen molar-refractivity contribution in [2.75, 3.05) is 13.2 Å². The highest BCUT2D eigenvalue weighted by molar-refractivity contribution is 9.10. The fourth-order valence-corrected chi connectivity index (χ4v) is 5.35. The van der Waals surface area contributed by atoms with E-state index in [1.807, 2.05) is 67.1 Å². The zero-order valence-corrected chi connectivity index (χ0v) is 23.1. The van der Waals surface area contributed by atoms with E-state index in [1.54, 1.807) is 6.20 Å². The number of aromatic nitrogens is 2. The number of hydrogen-bond acceptors (Lipinski definition) is 6. The van der Waals surface area contributed by atoms with Gasteiger partial charge in [-0.15, -0.1) is 10.2 Å². The van der Waals surface area contributed by atoms with Crippen molar-refractivity contribution < 1.29 is 14.6 Å². The maximum atomic E-state index is 12.5. The van der Waals surface area contributed by atoms with Gasteiger partial charge in [-0.05, 0) is 73.7 Å². The van der Waals surface area contributed by atoms with Crippen LogP contribution in [-0.2, 0) is 11.5 Å². The number of aromatic hydroxyl groups is 1. The number of pyridine rings is 1. The molecule has 0 saturated carbocycles. The molecule has 0 aliphatic carbocycles. The Morgan fingerprint density at radius 3 is 2.87 bits per heavy atom. The highest BCUT2D eigenvalue weighted by Gasteiger charge is 2.27. The van der Waals surface area contributed by atoms with Crippen molar-refractivity contribution in [2.45, 2.75) is 45.8 Å². The third-order valence-electron chi connectivity index (χ3n) is 7.15. The minimum atomic E-state index is -0.533. The molecule has 1 N–H and O–H groups in total. The summed E-state index contributed by atoms with van der Waals surface area (Å²) in [4.78, 5) is 19.2. The fraction of sp³-hybridized carbons (Fsp3) is 0.310. The molecule has 2 aromatic carbocycles. The van der Waals surface area contributed by atoms with Crippen molar-refractivity contribution >= 4 is 38.4 Å². The van der Waals surface area contributed by atoms with Gasteiger partial charge in [-0.25, -0.2) is 0 Å². The Morgan fingerprint density at radius 1 is 1.18 bits per heavy atom. The first-order valence-electron chi connectivity index (χ1n) is 12.7. The zero-order chi connectivity index (χ0) is 26.6. The lowest BCUT2D eigenvalue weighted by molar-refractivity contribution is -0.120. The van der Waals surface area contributed by atoms with E-state index in [4.69, 9.17) is 4.74 Å². The van der Waals surface area contributed by atoms with Gasteiger partial charge in [0.2, 0.25) is 5.88 Å². The molecule has 8 nitrogen and oxygen atoms in total. The summed E-state index contributed by atoms with van der Waals surface area (Å²) in [5, 5.41) is 20.1. The minimum Gasteiger partial charge on any atom is -0.493 e. The Hall–Kier alpha value is -3.56. The lowest BCUT2D eigenvalue weighted by Crippen LogP contribution is -2.34. The van der Waals surface area contributed by atoms with Gasteiger partial charge in [-0.1, -0.05) is 40.5 Å². The van der Waals surface area contributed by atoms with Crippen molar-refractivity contribution in [1.82, 2.24) is 14.5 Å². The Bertz CT molecular complexity index is 1480. The standard InChI is InChI=1S/C29H30BrN5O3/c1-19-7-5-10-26(20(19)2)38-17-27(36)32-33-28-23-15-22(30)11-12-25(23)35(29(28)37)18-34-14-4-3-9-24(34)21-8-6-13-31-16-21/h5-8,10-13,15-16,24,37H,3-4,9,14,17-18H2,1-2H3. The first-order chi connectivity index (χ1) is 18.4. The number of likely N-dealkylation sites (tertiary alicyclic amines) is 1. The number of carbonyl (C=O) groups is 1. The fourth-order valence-electron chi connectivity index (χ4n) is 4.98. The second-order valence-corrected chi connectivity index (χ2v) is 10.5. The number of piperidine rings is 1. The van der Waals surface area contributed by atoms with Crippen LogP contribution in [0.15, 0.2) is 75.6 Å². The molecule has 1 aliphatic rings. The molecule has 196 valence electrons. The third kappa shape index (κ3) is 5.49. The molecule has 0 spiro atoms. The van der Waals surface area contributed by atoms with E-state index in [0.29, 0.717) is 17.8 Å². The van der Waals surface area contributed by atoms with E-state index in [9.17, 15) is 9.90 Å². The maximum Gasteiger partial charge on any atom is 0.302 e. The highest BCUT2D eigenvalue weighted by atomic mass is 79.9. The van der Waals surface area contributed by atoms with E-state index >= 15 is 0 Å². The summed E-state index contributed by atoms with van der Waals surface area (Å²) in [7, 11) is 0. The number of carbonyl (C=O) groups excluding carboxylic acids is 1. The van der Waals surface area contributed by atoms with Crippen LogP contribution < -0.4 is 4.74 Å². The van der Waals surface area contributed by atoms with E-state index in [2.05, 4.69) is 42.1 Å². The van der Waals surface area contributed by atoms with Crippen LogP contribution in [-0.4, -0.2) is 38.6 Å². The van der Waals surface area contributed by atoms with Gasteiger partial charge >= 0.3 is 5.91 Å². The molecule has 0 bridgehead atoms. The molecule has 2 aromatic heterocycles. The van der Waals surface area contributed by atoms with Crippen molar-refractivity contribution in [1.29, 1.82) is 0 Å². The second kappa shape index (κ2) is 11.4. The lowest BCUT2D eigenvalue weighted by Gasteiger charge is -2.36. The van der Waals surface area contributed by atoms with Crippen LogP contribution >= 0.6 is 15.9 Å². The van der Waals surface area contributed by atoms with Gasteiger partial charge in [0.15, 0.2) is 12.3 Å². The summed E-state index contributed by atoms with van der Waals surface area (Å²) in [5.41, 5.74) is 4.30. The number of aryl methyl sites for hydroxylation is 1. The molecule has 1 atom stereocenters. The van der Waals surface area contributed by atoms with Gasteiger partial charge < -0.3 is 9.84 Å². The van der Waals surface area contributed by atoms with Gasteiger partial charge in [0.1, 0.15) is 5.75 Å². The van der Waals surface area contributed by atoms with E-state index in [1.165, 1.54) is 5.56 Å². The molecule has 1 unspecified atom stereocenters. The first-order valence-corrected chi connectivity index (χ1v) is 13.5. The quantitative estimate of drug-likeness (QED) is 0.239. The normalized spacial score (nSPS) is 16.3. The number of fused-ring (bicyclic) bond motifs is 1. The maximum absolute atomic E-state index is 12.5. The van der Waals surface area contributed by atoms with E-state index < -0.39 is 5.91 Å².